The molecule has 100 valence electrons. The molecule has 1 unspecified atom stereocenters. The van der Waals surface area contributed by atoms with Crippen LogP contribution in [-0.2, 0) is 6.18 Å². The van der Waals surface area contributed by atoms with Gasteiger partial charge in [0.05, 0.1) is 0 Å². The smallest absolute Gasteiger partial charge is 0.384 e. The summed E-state index contributed by atoms with van der Waals surface area (Å²) in [6.07, 6.45) is -2.35. The van der Waals surface area contributed by atoms with Crippen LogP contribution in [0.15, 0.2) is 6.07 Å². The van der Waals surface area contributed by atoms with Gasteiger partial charge in [0.1, 0.15) is 11.6 Å². The highest BCUT2D eigenvalue weighted by atomic mass is 32.2. The maximum Gasteiger partial charge on any atom is 0.451 e. The maximum absolute atomic E-state index is 12.5. The summed E-state index contributed by atoms with van der Waals surface area (Å²) in [7, 11) is 0. The van der Waals surface area contributed by atoms with Crippen molar-refractivity contribution in [2.24, 2.45) is 0 Å². The number of hydrogen-bond donors (Lipinski definition) is 2. The largest absolute Gasteiger partial charge is 0.451 e. The third-order valence-electron chi connectivity index (χ3n) is 2.53. The van der Waals surface area contributed by atoms with Gasteiger partial charge in [-0.15, -0.1) is 0 Å². The summed E-state index contributed by atoms with van der Waals surface area (Å²) < 4.78 is 37.4. The lowest BCUT2D eigenvalue weighted by atomic mass is 10.2. The molecule has 1 aromatic rings. The van der Waals surface area contributed by atoms with Gasteiger partial charge in [-0.05, 0) is 18.6 Å². The summed E-state index contributed by atoms with van der Waals surface area (Å²) in [6.45, 7) is 0.596. The third-order valence-corrected chi connectivity index (χ3v) is 3.93. The van der Waals surface area contributed by atoms with Crippen LogP contribution in [-0.4, -0.2) is 27.5 Å². The topological polar surface area (TPSA) is 63.8 Å². The van der Waals surface area contributed by atoms with Crippen LogP contribution in [0.25, 0.3) is 0 Å². The average Bonchev–Trinajstić information content (AvgIpc) is 2.77. The molecule has 2 rings (SSSR count). The van der Waals surface area contributed by atoms with Gasteiger partial charge in [0, 0.05) is 17.9 Å². The van der Waals surface area contributed by atoms with Crippen molar-refractivity contribution in [3.63, 3.8) is 0 Å². The molecule has 8 heteroatoms. The van der Waals surface area contributed by atoms with E-state index in [1.165, 1.54) is 6.07 Å². The number of hydrogen-bond acceptors (Lipinski definition) is 5. The number of halogens is 3. The number of alkyl halides is 3. The standard InChI is InChI=1S/C10H13F3N4S/c11-10(12,13)9-16-7(14)4-8(17-9)15-5-6-2-1-3-18-6/h4,6H,1-3,5H2,(H3,14,15,16,17). The second-order valence-electron chi connectivity index (χ2n) is 4.02. The molecular weight excluding hydrogens is 265 g/mol. The fourth-order valence-electron chi connectivity index (χ4n) is 1.71. The fourth-order valence-corrected chi connectivity index (χ4v) is 2.91. The summed E-state index contributed by atoms with van der Waals surface area (Å²) >= 11 is 1.82. The van der Waals surface area contributed by atoms with Gasteiger partial charge in [-0.1, -0.05) is 0 Å². The van der Waals surface area contributed by atoms with Gasteiger partial charge in [0.2, 0.25) is 5.82 Å². The molecule has 1 atom stereocenters. The summed E-state index contributed by atoms with van der Waals surface area (Å²) in [4.78, 5) is 6.61. The first-order valence-corrected chi connectivity index (χ1v) is 6.57. The number of thioether (sulfide) groups is 1. The van der Waals surface area contributed by atoms with Crippen molar-refractivity contribution in [2.75, 3.05) is 23.3 Å². The molecule has 1 aromatic heterocycles. The Morgan fingerprint density at radius 2 is 2.22 bits per heavy atom. The molecule has 0 aromatic carbocycles. The summed E-state index contributed by atoms with van der Waals surface area (Å²) in [5.74, 6) is -0.156. The fraction of sp³-hybridized carbons (Fsp3) is 0.600. The van der Waals surface area contributed by atoms with E-state index in [-0.39, 0.29) is 11.6 Å². The maximum atomic E-state index is 12.5. The first kappa shape index (κ1) is 13.3. The van der Waals surface area contributed by atoms with E-state index >= 15 is 0 Å². The molecule has 0 amide bonds. The minimum absolute atomic E-state index is 0.127. The molecule has 0 saturated carbocycles. The van der Waals surface area contributed by atoms with Crippen molar-refractivity contribution in [1.29, 1.82) is 0 Å². The van der Waals surface area contributed by atoms with E-state index in [4.69, 9.17) is 5.73 Å². The molecule has 0 radical (unpaired) electrons. The monoisotopic (exact) mass is 278 g/mol. The van der Waals surface area contributed by atoms with Crippen molar-refractivity contribution < 1.29 is 13.2 Å². The summed E-state index contributed by atoms with van der Waals surface area (Å²) in [5.41, 5.74) is 5.34. The van der Waals surface area contributed by atoms with Crippen LogP contribution in [0.4, 0.5) is 24.8 Å². The van der Waals surface area contributed by atoms with Crippen LogP contribution in [0.3, 0.4) is 0 Å². The van der Waals surface area contributed by atoms with Crippen LogP contribution in [0, 0.1) is 0 Å². The minimum Gasteiger partial charge on any atom is -0.384 e. The predicted octanol–water partition coefficient (Wildman–Crippen LogP) is 2.39. The number of nitrogens with zero attached hydrogens (tertiary/aromatic N) is 2. The van der Waals surface area contributed by atoms with Crippen molar-refractivity contribution in [3.05, 3.63) is 11.9 Å². The zero-order valence-corrected chi connectivity index (χ0v) is 10.3. The molecule has 1 saturated heterocycles. The Morgan fingerprint density at radius 3 is 2.83 bits per heavy atom. The van der Waals surface area contributed by atoms with E-state index in [1.807, 2.05) is 11.8 Å². The minimum atomic E-state index is -4.58. The molecule has 4 nitrogen and oxygen atoms in total. The average molecular weight is 278 g/mol. The van der Waals surface area contributed by atoms with Gasteiger partial charge in [0.15, 0.2) is 0 Å². The molecule has 1 fully saturated rings. The van der Waals surface area contributed by atoms with Crippen LogP contribution >= 0.6 is 11.8 Å². The number of nitrogens with two attached hydrogens (primary N) is 1. The first-order valence-electron chi connectivity index (χ1n) is 5.52. The van der Waals surface area contributed by atoms with Gasteiger partial charge < -0.3 is 11.1 Å². The highest BCUT2D eigenvalue weighted by molar-refractivity contribution is 8.00. The van der Waals surface area contributed by atoms with E-state index < -0.39 is 12.0 Å². The van der Waals surface area contributed by atoms with Crippen molar-refractivity contribution in [1.82, 2.24) is 9.97 Å². The molecule has 0 spiro atoms. The van der Waals surface area contributed by atoms with E-state index in [0.717, 1.165) is 18.6 Å². The van der Waals surface area contributed by atoms with Crippen LogP contribution in [0.5, 0.6) is 0 Å². The van der Waals surface area contributed by atoms with Crippen molar-refractivity contribution in [2.45, 2.75) is 24.3 Å². The van der Waals surface area contributed by atoms with Gasteiger partial charge in [-0.25, -0.2) is 9.97 Å². The Balaban J connectivity index is 2.05. The Kier molecular flexibility index (Phi) is 3.84. The van der Waals surface area contributed by atoms with Crippen LogP contribution < -0.4 is 11.1 Å². The second-order valence-corrected chi connectivity index (χ2v) is 5.42. The van der Waals surface area contributed by atoms with Gasteiger partial charge in [-0.2, -0.15) is 24.9 Å². The molecular formula is C10H13F3N4S. The SMILES string of the molecule is Nc1cc(NCC2CCCS2)nc(C(F)(F)F)n1. The number of rotatable bonds is 3. The Morgan fingerprint density at radius 1 is 1.44 bits per heavy atom. The lowest BCUT2D eigenvalue weighted by Crippen LogP contribution is -2.18. The summed E-state index contributed by atoms with van der Waals surface area (Å²) in [6, 6.07) is 1.31. The van der Waals surface area contributed by atoms with Crippen LogP contribution in [0.1, 0.15) is 18.7 Å². The molecule has 1 aliphatic heterocycles. The van der Waals surface area contributed by atoms with Gasteiger partial charge in [0.25, 0.3) is 0 Å². The molecule has 18 heavy (non-hydrogen) atoms. The molecule has 0 aliphatic carbocycles. The molecule has 0 bridgehead atoms. The molecule has 2 heterocycles. The third kappa shape index (κ3) is 3.41. The molecule has 1 aliphatic rings. The van der Waals surface area contributed by atoms with Gasteiger partial charge >= 0.3 is 6.18 Å². The summed E-state index contributed by atoms with van der Waals surface area (Å²) in [5, 5.41) is 3.31. The van der Waals surface area contributed by atoms with E-state index in [2.05, 4.69) is 15.3 Å². The highest BCUT2D eigenvalue weighted by Gasteiger charge is 2.35. The van der Waals surface area contributed by atoms with Crippen molar-refractivity contribution in [3.8, 4) is 0 Å². The number of aromatic nitrogens is 2. The number of anilines is 2. The Bertz CT molecular complexity index is 418. The highest BCUT2D eigenvalue weighted by Crippen LogP contribution is 2.29. The quantitative estimate of drug-likeness (QED) is 0.888. The van der Waals surface area contributed by atoms with E-state index in [1.54, 1.807) is 0 Å². The Labute approximate surface area is 107 Å². The van der Waals surface area contributed by atoms with Gasteiger partial charge in [-0.3, -0.25) is 0 Å². The number of nitrogen functional groups attached to an aromatic ring is 1. The van der Waals surface area contributed by atoms with Crippen LogP contribution in [0.2, 0.25) is 0 Å². The first-order chi connectivity index (χ1) is 8.45. The lowest BCUT2D eigenvalue weighted by molar-refractivity contribution is -0.144. The lowest BCUT2D eigenvalue weighted by Gasteiger charge is -2.12. The zero-order chi connectivity index (χ0) is 13.2. The second kappa shape index (κ2) is 5.21. The Hall–Kier alpha value is -1.18. The van der Waals surface area contributed by atoms with E-state index in [0.29, 0.717) is 11.8 Å². The van der Waals surface area contributed by atoms with E-state index in [9.17, 15) is 13.2 Å². The normalized spacial score (nSPS) is 20.1. The molecule has 3 N–H and O–H groups in total. The zero-order valence-electron chi connectivity index (χ0n) is 9.50. The van der Waals surface area contributed by atoms with Crippen molar-refractivity contribution >= 4 is 23.4 Å². The predicted molar refractivity (Wildman–Crippen MR) is 65.4 cm³/mol. The number of nitrogens with one attached hydrogen (secondary N) is 1.